The number of likely N-dealkylation sites (N-methyl/N-ethyl adjacent to an activating group) is 1. The van der Waals surface area contributed by atoms with Gasteiger partial charge in [-0.05, 0) is 44.5 Å². The molecule has 138 valence electrons. The molecule has 6 nitrogen and oxygen atoms in total. The molecule has 25 heavy (non-hydrogen) atoms. The van der Waals surface area contributed by atoms with E-state index in [1.54, 1.807) is 7.11 Å². The lowest BCUT2D eigenvalue weighted by molar-refractivity contribution is -0.185. The number of likely N-dealkylation sites (tertiary alicyclic amines) is 1. The van der Waals surface area contributed by atoms with Gasteiger partial charge in [0.2, 0.25) is 0 Å². The number of carbonyl (C=O) groups is 1. The fourth-order valence-electron chi connectivity index (χ4n) is 5.69. The predicted octanol–water partition coefficient (Wildman–Crippen LogP) is 0.645. The molecule has 0 amide bonds. The van der Waals surface area contributed by atoms with Gasteiger partial charge in [-0.25, -0.2) is 0 Å². The van der Waals surface area contributed by atoms with Gasteiger partial charge in [0.1, 0.15) is 0 Å². The van der Waals surface area contributed by atoms with Crippen molar-refractivity contribution >= 4 is 18.2 Å². The van der Waals surface area contributed by atoms with E-state index in [0.717, 1.165) is 24.9 Å². The van der Waals surface area contributed by atoms with Crippen molar-refractivity contribution in [2.75, 3.05) is 20.7 Å². The Hall–Kier alpha value is -1.34. The number of carbonyl (C=O) groups excluding carboxylic acids is 1. The van der Waals surface area contributed by atoms with E-state index in [1.165, 1.54) is 5.56 Å². The van der Waals surface area contributed by atoms with Crippen molar-refractivity contribution in [1.29, 1.82) is 0 Å². The molecule has 2 bridgehead atoms. The number of ether oxygens (including phenoxy) is 2. The summed E-state index contributed by atoms with van der Waals surface area (Å²) in [5, 5.41) is 11.7. The van der Waals surface area contributed by atoms with Crippen LogP contribution in [0.15, 0.2) is 12.1 Å². The molecule has 3 N–H and O–H groups in total. The first-order valence-corrected chi connectivity index (χ1v) is 8.35. The highest BCUT2D eigenvalue weighted by molar-refractivity contribution is 5.90. The number of hydrogen-bond acceptors (Lipinski definition) is 5. The topological polar surface area (TPSA) is 90.5 Å². The van der Waals surface area contributed by atoms with E-state index in [9.17, 15) is 9.90 Å². The zero-order valence-corrected chi connectivity index (χ0v) is 15.2. The number of nitrogens with zero attached hydrogens (tertiary/aromatic N) is 1. The molecule has 1 saturated carbocycles. The van der Waals surface area contributed by atoms with Gasteiger partial charge in [0.25, 0.3) is 0 Å². The zero-order valence-electron chi connectivity index (χ0n) is 14.4. The van der Waals surface area contributed by atoms with E-state index in [0.29, 0.717) is 24.3 Å². The molecule has 2 heterocycles. The van der Waals surface area contributed by atoms with Gasteiger partial charge in [0.05, 0.1) is 18.1 Å². The molecule has 5 rings (SSSR count). The summed E-state index contributed by atoms with van der Waals surface area (Å²) in [7, 11) is 3.70. The summed E-state index contributed by atoms with van der Waals surface area (Å²) in [4.78, 5) is 14.9. The van der Waals surface area contributed by atoms with Crippen molar-refractivity contribution in [2.24, 2.45) is 0 Å². The van der Waals surface area contributed by atoms with Gasteiger partial charge < -0.3 is 25.0 Å². The largest absolute Gasteiger partial charge is 0.493 e. The highest BCUT2D eigenvalue weighted by Gasteiger charge is 2.72. The summed E-state index contributed by atoms with van der Waals surface area (Å²) in [6, 6.07) is 4.05. The third-order valence-corrected chi connectivity index (χ3v) is 6.73. The maximum Gasteiger partial charge on any atom is 0.174 e. The lowest BCUT2D eigenvalue weighted by Crippen LogP contribution is -2.76. The molecule has 2 aliphatic carbocycles. The number of ketones is 1. The van der Waals surface area contributed by atoms with Crippen LogP contribution in [-0.4, -0.2) is 59.7 Å². The second-order valence-electron chi connectivity index (χ2n) is 7.44. The van der Waals surface area contributed by atoms with E-state index < -0.39 is 17.1 Å². The Balaban J connectivity index is 0.000000911. The minimum absolute atomic E-state index is 0. The van der Waals surface area contributed by atoms with Crippen molar-refractivity contribution in [2.45, 2.75) is 48.8 Å². The summed E-state index contributed by atoms with van der Waals surface area (Å²) in [5.41, 5.74) is 0.737. The van der Waals surface area contributed by atoms with Crippen LogP contribution in [0.25, 0.3) is 0 Å². The fraction of sp³-hybridized carbons (Fsp3) is 0.611. The van der Waals surface area contributed by atoms with E-state index >= 15 is 0 Å². The molecule has 2 aliphatic heterocycles. The molecule has 7 heteroatoms. The molecule has 1 aromatic carbocycles. The maximum absolute atomic E-state index is 12.7. The van der Waals surface area contributed by atoms with E-state index in [4.69, 9.17) is 9.47 Å². The molecule has 1 aromatic rings. The van der Waals surface area contributed by atoms with Crippen LogP contribution in [0.2, 0.25) is 0 Å². The standard InChI is InChI=1S/C18H21NO4.ClH.H2O/c1-19-8-7-17-14-10-3-4-12(22-2)15(14)23-16(17)11(20)5-6-18(17,21)13(19)9-10;;/h3-4,13,16,21H,5-9H2,1-2H3;1H;1H2/t13-,16+,17+,18?;;/m1../s1. The number of aliphatic hydroxyl groups is 1. The van der Waals surface area contributed by atoms with Gasteiger partial charge in [0, 0.05) is 18.0 Å². The lowest BCUT2D eigenvalue weighted by Gasteiger charge is -2.62. The number of benzene rings is 1. The summed E-state index contributed by atoms with van der Waals surface area (Å²) in [5.74, 6) is 1.47. The quantitative estimate of drug-likeness (QED) is 0.784. The molecule has 4 atom stereocenters. The SMILES string of the molecule is COc1ccc2c3c1O[C@H]1C(=O)CCC4(O)[C@@H](C2)N(C)CC[C@]314.Cl.O. The monoisotopic (exact) mass is 369 g/mol. The fourth-order valence-corrected chi connectivity index (χ4v) is 5.69. The average Bonchev–Trinajstić information content (AvgIpc) is 2.90. The normalized spacial score (nSPS) is 37.3. The van der Waals surface area contributed by atoms with E-state index in [-0.39, 0.29) is 29.7 Å². The van der Waals surface area contributed by atoms with Crippen molar-refractivity contribution in [1.82, 2.24) is 4.90 Å². The van der Waals surface area contributed by atoms with Crippen LogP contribution < -0.4 is 9.47 Å². The highest BCUT2D eigenvalue weighted by atomic mass is 35.5. The van der Waals surface area contributed by atoms with E-state index in [2.05, 4.69) is 18.0 Å². The molecule has 1 unspecified atom stereocenters. The molecular formula is C18H24ClNO5. The van der Waals surface area contributed by atoms with Gasteiger partial charge in [-0.2, -0.15) is 0 Å². The van der Waals surface area contributed by atoms with Crippen LogP contribution in [0, 0.1) is 0 Å². The van der Waals surface area contributed by atoms with Crippen molar-refractivity contribution in [3.63, 3.8) is 0 Å². The maximum atomic E-state index is 12.7. The smallest absolute Gasteiger partial charge is 0.174 e. The van der Waals surface area contributed by atoms with Gasteiger partial charge in [-0.15, -0.1) is 12.4 Å². The van der Waals surface area contributed by atoms with E-state index in [1.807, 2.05) is 6.07 Å². The van der Waals surface area contributed by atoms with Crippen LogP contribution in [0.4, 0.5) is 0 Å². The summed E-state index contributed by atoms with van der Waals surface area (Å²) in [6.45, 7) is 0.871. The van der Waals surface area contributed by atoms with Crippen LogP contribution >= 0.6 is 12.4 Å². The van der Waals surface area contributed by atoms with Crippen LogP contribution in [-0.2, 0) is 16.6 Å². The average molecular weight is 370 g/mol. The molecule has 0 aromatic heterocycles. The first kappa shape index (κ1) is 18.5. The van der Waals surface area contributed by atoms with Gasteiger partial charge in [-0.1, -0.05) is 6.07 Å². The van der Waals surface area contributed by atoms with Gasteiger partial charge >= 0.3 is 0 Å². The Morgan fingerprint density at radius 1 is 1.36 bits per heavy atom. The molecule has 4 aliphatic rings. The number of halogens is 1. The third-order valence-electron chi connectivity index (χ3n) is 6.73. The number of Topliss-reactive ketones (excluding diaryl/α,β-unsaturated/α-hetero) is 1. The Kier molecular flexibility index (Phi) is 4.12. The Morgan fingerprint density at radius 3 is 2.84 bits per heavy atom. The molecule has 0 radical (unpaired) electrons. The Labute approximate surface area is 152 Å². The zero-order chi connectivity index (χ0) is 16.0. The highest BCUT2D eigenvalue weighted by Crippen LogP contribution is 2.64. The first-order chi connectivity index (χ1) is 11.0. The second kappa shape index (κ2) is 5.58. The van der Waals surface area contributed by atoms with Crippen molar-refractivity contribution in [3.8, 4) is 11.5 Å². The molecule has 1 saturated heterocycles. The van der Waals surface area contributed by atoms with Crippen LogP contribution in [0.5, 0.6) is 11.5 Å². The number of rotatable bonds is 1. The Morgan fingerprint density at radius 2 is 2.12 bits per heavy atom. The second-order valence-corrected chi connectivity index (χ2v) is 7.44. The van der Waals surface area contributed by atoms with Gasteiger partial charge in [0.15, 0.2) is 23.4 Å². The minimum Gasteiger partial charge on any atom is -0.493 e. The van der Waals surface area contributed by atoms with Crippen LogP contribution in [0.1, 0.15) is 30.4 Å². The first-order valence-electron chi connectivity index (χ1n) is 8.35. The molecule has 2 fully saturated rings. The number of piperidine rings is 1. The predicted molar refractivity (Wildman–Crippen MR) is 93.9 cm³/mol. The van der Waals surface area contributed by atoms with Crippen molar-refractivity contribution < 1.29 is 24.9 Å². The lowest BCUT2D eigenvalue weighted by atomic mass is 9.49. The Bertz CT molecular complexity index is 740. The molecular weight excluding hydrogens is 346 g/mol. The van der Waals surface area contributed by atoms with Crippen LogP contribution in [0.3, 0.4) is 0 Å². The third kappa shape index (κ3) is 1.83. The van der Waals surface area contributed by atoms with Crippen molar-refractivity contribution in [3.05, 3.63) is 23.3 Å². The number of methoxy groups -OCH3 is 1. The minimum atomic E-state index is -0.900. The summed E-state index contributed by atoms with van der Waals surface area (Å²) >= 11 is 0. The van der Waals surface area contributed by atoms with Gasteiger partial charge in [-0.3, -0.25) is 4.79 Å². The summed E-state index contributed by atoms with van der Waals surface area (Å²) in [6.07, 6.45) is 1.89. The molecule has 1 spiro atoms. The number of hydrogen-bond donors (Lipinski definition) is 1. The summed E-state index contributed by atoms with van der Waals surface area (Å²) < 4.78 is 11.6.